The zero-order chi connectivity index (χ0) is 16.4. The Kier molecular flexibility index (Phi) is 4.61. The molecule has 0 saturated heterocycles. The Morgan fingerprint density at radius 2 is 2.04 bits per heavy atom. The summed E-state index contributed by atoms with van der Waals surface area (Å²) >= 11 is 0. The molecule has 0 heterocycles. The SMILES string of the molecule is CCCOC(=O)[C@]12CC(C)=C(C)C[C@H]1CCCc1ccccc12. The number of aryl methyl sites for hydroxylation is 1. The van der Waals surface area contributed by atoms with Crippen molar-refractivity contribution in [3.05, 3.63) is 46.5 Å². The summed E-state index contributed by atoms with van der Waals surface area (Å²) in [5.41, 5.74) is 4.94. The number of hydrogen-bond acceptors (Lipinski definition) is 2. The van der Waals surface area contributed by atoms with Crippen LogP contribution in [-0.4, -0.2) is 12.6 Å². The number of fused-ring (bicyclic) bond motifs is 3. The molecule has 0 amide bonds. The highest BCUT2D eigenvalue weighted by Crippen LogP contribution is 2.51. The smallest absolute Gasteiger partial charge is 0.317 e. The molecular weight excluding hydrogens is 284 g/mol. The van der Waals surface area contributed by atoms with Gasteiger partial charge in [-0.05, 0) is 69.4 Å². The lowest BCUT2D eigenvalue weighted by Gasteiger charge is -2.43. The van der Waals surface area contributed by atoms with E-state index < -0.39 is 5.41 Å². The van der Waals surface area contributed by atoms with Gasteiger partial charge in [0.1, 0.15) is 0 Å². The quantitative estimate of drug-likeness (QED) is 0.582. The molecule has 0 aromatic heterocycles. The van der Waals surface area contributed by atoms with E-state index in [1.165, 1.54) is 22.3 Å². The highest BCUT2D eigenvalue weighted by Gasteiger charge is 2.51. The minimum Gasteiger partial charge on any atom is -0.465 e. The van der Waals surface area contributed by atoms with Gasteiger partial charge in [0, 0.05) is 0 Å². The zero-order valence-electron chi connectivity index (χ0n) is 14.7. The van der Waals surface area contributed by atoms with Crippen molar-refractivity contribution in [1.29, 1.82) is 0 Å². The monoisotopic (exact) mass is 312 g/mol. The van der Waals surface area contributed by atoms with Crippen molar-refractivity contribution in [2.24, 2.45) is 5.92 Å². The average molecular weight is 312 g/mol. The minimum atomic E-state index is -0.466. The second-order valence-corrected chi connectivity index (χ2v) is 7.30. The first kappa shape index (κ1) is 16.3. The Hall–Kier alpha value is -1.57. The van der Waals surface area contributed by atoms with E-state index in [1.807, 2.05) is 0 Å². The fraction of sp³-hybridized carbons (Fsp3) is 0.571. The summed E-state index contributed by atoms with van der Waals surface area (Å²) in [6.07, 6.45) is 6.08. The molecule has 0 N–H and O–H groups in total. The fourth-order valence-electron chi connectivity index (χ4n) is 4.48. The van der Waals surface area contributed by atoms with Gasteiger partial charge in [-0.3, -0.25) is 4.79 Å². The Bertz CT molecular complexity index is 628. The third kappa shape index (κ3) is 2.73. The van der Waals surface area contributed by atoms with Gasteiger partial charge < -0.3 is 4.74 Å². The maximum absolute atomic E-state index is 13.2. The summed E-state index contributed by atoms with van der Waals surface area (Å²) in [6, 6.07) is 8.56. The van der Waals surface area contributed by atoms with E-state index in [4.69, 9.17) is 4.74 Å². The molecule has 1 aromatic carbocycles. The lowest BCUT2D eigenvalue weighted by Crippen LogP contribution is -2.46. The van der Waals surface area contributed by atoms with Gasteiger partial charge in [0.15, 0.2) is 0 Å². The van der Waals surface area contributed by atoms with E-state index in [9.17, 15) is 4.79 Å². The Balaban J connectivity index is 2.14. The largest absolute Gasteiger partial charge is 0.465 e. The van der Waals surface area contributed by atoms with Crippen LogP contribution in [0.3, 0.4) is 0 Å². The summed E-state index contributed by atoms with van der Waals surface area (Å²) in [7, 11) is 0. The van der Waals surface area contributed by atoms with Crippen molar-refractivity contribution >= 4 is 5.97 Å². The molecule has 2 aliphatic rings. The van der Waals surface area contributed by atoms with Crippen molar-refractivity contribution in [1.82, 2.24) is 0 Å². The van der Waals surface area contributed by atoms with Gasteiger partial charge in [0.05, 0.1) is 12.0 Å². The molecule has 2 nitrogen and oxygen atoms in total. The molecule has 0 radical (unpaired) electrons. The number of ether oxygens (including phenoxy) is 1. The van der Waals surface area contributed by atoms with E-state index in [2.05, 4.69) is 45.0 Å². The van der Waals surface area contributed by atoms with Crippen LogP contribution >= 0.6 is 0 Å². The number of hydrogen-bond donors (Lipinski definition) is 0. The van der Waals surface area contributed by atoms with Crippen LogP contribution in [0.25, 0.3) is 0 Å². The second kappa shape index (κ2) is 6.51. The summed E-state index contributed by atoms with van der Waals surface area (Å²) in [4.78, 5) is 13.2. The van der Waals surface area contributed by atoms with Crippen molar-refractivity contribution in [3.8, 4) is 0 Å². The maximum atomic E-state index is 13.2. The molecule has 0 saturated carbocycles. The standard InChI is InChI=1S/C21H28O2/c1-4-12-23-20(22)21-14-16(3)15(2)13-18(21)10-7-9-17-8-5-6-11-19(17)21/h5-6,8,11,18H,4,7,9-10,12-14H2,1-3H3/t18-,21-/m1/s1. The molecule has 0 aliphatic heterocycles. The predicted octanol–water partition coefficient (Wildman–Crippen LogP) is 4.96. The molecule has 2 aliphatic carbocycles. The van der Waals surface area contributed by atoms with E-state index in [-0.39, 0.29) is 5.97 Å². The van der Waals surface area contributed by atoms with Crippen molar-refractivity contribution in [2.45, 2.75) is 64.7 Å². The zero-order valence-corrected chi connectivity index (χ0v) is 14.7. The van der Waals surface area contributed by atoms with Gasteiger partial charge in [-0.15, -0.1) is 0 Å². The van der Waals surface area contributed by atoms with E-state index in [1.54, 1.807) is 0 Å². The van der Waals surface area contributed by atoms with Gasteiger partial charge >= 0.3 is 5.97 Å². The second-order valence-electron chi connectivity index (χ2n) is 7.30. The maximum Gasteiger partial charge on any atom is 0.317 e. The van der Waals surface area contributed by atoms with Gasteiger partial charge in [0.2, 0.25) is 0 Å². The van der Waals surface area contributed by atoms with Crippen LogP contribution in [0.15, 0.2) is 35.4 Å². The number of esters is 1. The van der Waals surface area contributed by atoms with Crippen LogP contribution < -0.4 is 0 Å². The van der Waals surface area contributed by atoms with Crippen LogP contribution in [0, 0.1) is 5.92 Å². The van der Waals surface area contributed by atoms with E-state index >= 15 is 0 Å². The van der Waals surface area contributed by atoms with Gasteiger partial charge in [-0.25, -0.2) is 0 Å². The lowest BCUT2D eigenvalue weighted by molar-refractivity contribution is -0.153. The third-order valence-electron chi connectivity index (χ3n) is 5.82. The normalized spacial score (nSPS) is 27.0. The predicted molar refractivity (Wildman–Crippen MR) is 93.4 cm³/mol. The summed E-state index contributed by atoms with van der Waals surface area (Å²) in [5.74, 6) is 0.379. The Labute approximate surface area is 139 Å². The van der Waals surface area contributed by atoms with Crippen LogP contribution in [0.4, 0.5) is 0 Å². The molecule has 0 unspecified atom stereocenters. The first-order chi connectivity index (χ1) is 11.1. The number of benzene rings is 1. The molecule has 0 spiro atoms. The molecule has 2 atom stereocenters. The van der Waals surface area contributed by atoms with Gasteiger partial charge in [-0.1, -0.05) is 42.3 Å². The summed E-state index contributed by atoms with van der Waals surface area (Å²) < 4.78 is 5.73. The Morgan fingerprint density at radius 1 is 1.26 bits per heavy atom. The summed E-state index contributed by atoms with van der Waals surface area (Å²) in [5, 5.41) is 0. The van der Waals surface area contributed by atoms with Crippen molar-refractivity contribution in [2.75, 3.05) is 6.61 Å². The highest BCUT2D eigenvalue weighted by molar-refractivity contribution is 5.85. The topological polar surface area (TPSA) is 26.3 Å². The number of carbonyl (C=O) groups is 1. The third-order valence-corrected chi connectivity index (χ3v) is 5.82. The van der Waals surface area contributed by atoms with Crippen LogP contribution in [0.2, 0.25) is 0 Å². The first-order valence-corrected chi connectivity index (χ1v) is 9.00. The van der Waals surface area contributed by atoms with Crippen LogP contribution in [-0.2, 0) is 21.4 Å². The van der Waals surface area contributed by atoms with E-state index in [0.717, 1.165) is 38.5 Å². The van der Waals surface area contributed by atoms with Gasteiger partial charge in [-0.2, -0.15) is 0 Å². The number of allylic oxidation sites excluding steroid dienone is 2. The minimum absolute atomic E-state index is 0.00514. The molecule has 0 bridgehead atoms. The van der Waals surface area contributed by atoms with Gasteiger partial charge in [0.25, 0.3) is 0 Å². The molecule has 1 aromatic rings. The molecule has 23 heavy (non-hydrogen) atoms. The first-order valence-electron chi connectivity index (χ1n) is 9.00. The Morgan fingerprint density at radius 3 is 2.83 bits per heavy atom. The number of rotatable bonds is 3. The molecular formula is C21H28O2. The molecule has 2 heteroatoms. The highest BCUT2D eigenvalue weighted by atomic mass is 16.5. The molecule has 124 valence electrons. The lowest BCUT2D eigenvalue weighted by atomic mass is 9.60. The average Bonchev–Trinajstić information content (AvgIpc) is 2.71. The fourth-order valence-corrected chi connectivity index (χ4v) is 4.48. The number of carbonyl (C=O) groups excluding carboxylic acids is 1. The molecule has 0 fully saturated rings. The van der Waals surface area contributed by atoms with Crippen molar-refractivity contribution < 1.29 is 9.53 Å². The van der Waals surface area contributed by atoms with Crippen molar-refractivity contribution in [3.63, 3.8) is 0 Å². The van der Waals surface area contributed by atoms with Crippen LogP contribution in [0.1, 0.15) is 64.0 Å². The van der Waals surface area contributed by atoms with E-state index in [0.29, 0.717) is 12.5 Å². The molecule has 3 rings (SSSR count). The summed E-state index contributed by atoms with van der Waals surface area (Å²) in [6.45, 7) is 7.00. The van der Waals surface area contributed by atoms with Crippen LogP contribution in [0.5, 0.6) is 0 Å².